The Bertz CT molecular complexity index is 1250. The van der Waals surface area contributed by atoms with E-state index in [2.05, 4.69) is 10.0 Å². The first-order valence-electron chi connectivity index (χ1n) is 11.3. The van der Waals surface area contributed by atoms with Crippen molar-refractivity contribution in [2.75, 3.05) is 36.3 Å². The molecule has 0 bridgehead atoms. The molecule has 0 unspecified atom stereocenters. The predicted octanol–water partition coefficient (Wildman–Crippen LogP) is 2.77. The van der Waals surface area contributed by atoms with Crippen molar-refractivity contribution in [3.05, 3.63) is 89.0 Å². The van der Waals surface area contributed by atoms with E-state index < -0.39 is 10.0 Å². The largest absolute Gasteiger partial charge is 0.370 e. The van der Waals surface area contributed by atoms with E-state index in [1.54, 1.807) is 18.2 Å². The summed E-state index contributed by atoms with van der Waals surface area (Å²) in [5, 5.41) is 2.83. The number of rotatable bonds is 7. The first kappa shape index (κ1) is 23.9. The molecule has 1 aliphatic rings. The molecule has 0 spiro atoms. The molecule has 0 aliphatic carbocycles. The van der Waals surface area contributed by atoms with Crippen molar-refractivity contribution in [1.82, 2.24) is 0 Å². The van der Waals surface area contributed by atoms with Crippen molar-refractivity contribution in [3.8, 4) is 0 Å². The number of quaternary nitrogens is 1. The fourth-order valence-electron chi connectivity index (χ4n) is 3.87. The fourth-order valence-corrected chi connectivity index (χ4v) is 4.99. The standard InChI is InChI=1S/C26H29N3O4S/c1-19-3-4-20(2)25(17-19)28-34(31,32)24-11-9-23(10-12-24)27-26(30)22-7-5-21(6-8-22)18-29-13-15-33-16-14-29/h3-12,17,28H,13-16,18H2,1-2H3,(H,27,30)/p+1. The average molecular weight is 481 g/mol. The Morgan fingerprint density at radius 1 is 0.941 bits per heavy atom. The molecule has 1 heterocycles. The third kappa shape index (κ3) is 6.02. The second-order valence-electron chi connectivity index (χ2n) is 8.64. The summed E-state index contributed by atoms with van der Waals surface area (Å²) >= 11 is 0. The van der Waals surface area contributed by atoms with E-state index in [1.165, 1.54) is 22.6 Å². The third-order valence-corrected chi connectivity index (χ3v) is 7.31. The molecule has 7 nitrogen and oxygen atoms in total. The highest BCUT2D eigenvalue weighted by atomic mass is 32.2. The number of aryl methyl sites for hydroxylation is 2. The number of amides is 1. The van der Waals surface area contributed by atoms with Gasteiger partial charge < -0.3 is 15.0 Å². The van der Waals surface area contributed by atoms with Crippen LogP contribution in [0.25, 0.3) is 0 Å². The van der Waals surface area contributed by atoms with Gasteiger partial charge in [-0.2, -0.15) is 0 Å². The Morgan fingerprint density at radius 2 is 1.62 bits per heavy atom. The summed E-state index contributed by atoms with van der Waals surface area (Å²) in [6.45, 7) is 8.24. The van der Waals surface area contributed by atoms with Crippen LogP contribution in [0, 0.1) is 13.8 Å². The SMILES string of the molecule is Cc1ccc(C)c(NS(=O)(=O)c2ccc(NC(=O)c3ccc(C[NH+]4CCOCC4)cc3)cc2)c1. The van der Waals surface area contributed by atoms with E-state index in [1.807, 2.05) is 50.2 Å². The zero-order chi connectivity index (χ0) is 24.1. The zero-order valence-electron chi connectivity index (χ0n) is 19.4. The molecule has 178 valence electrons. The minimum Gasteiger partial charge on any atom is -0.370 e. The summed E-state index contributed by atoms with van der Waals surface area (Å²) in [5.74, 6) is -0.241. The highest BCUT2D eigenvalue weighted by Gasteiger charge is 2.17. The Morgan fingerprint density at radius 3 is 2.29 bits per heavy atom. The lowest BCUT2D eigenvalue weighted by Crippen LogP contribution is -3.12. The van der Waals surface area contributed by atoms with Crippen molar-refractivity contribution in [2.24, 2.45) is 0 Å². The van der Waals surface area contributed by atoms with Crippen molar-refractivity contribution in [3.63, 3.8) is 0 Å². The van der Waals surface area contributed by atoms with Gasteiger partial charge in [-0.15, -0.1) is 0 Å². The van der Waals surface area contributed by atoms with Gasteiger partial charge in [0.25, 0.3) is 15.9 Å². The second kappa shape index (κ2) is 10.4. The smallest absolute Gasteiger partial charge is 0.261 e. The molecule has 8 heteroatoms. The molecule has 0 radical (unpaired) electrons. The normalized spacial score (nSPS) is 14.5. The van der Waals surface area contributed by atoms with Crippen molar-refractivity contribution < 1.29 is 22.8 Å². The minimum absolute atomic E-state index is 0.126. The number of hydrogen-bond donors (Lipinski definition) is 3. The summed E-state index contributed by atoms with van der Waals surface area (Å²) in [7, 11) is -3.74. The van der Waals surface area contributed by atoms with Crippen LogP contribution in [0.15, 0.2) is 71.6 Å². The molecular weight excluding hydrogens is 450 g/mol. The maximum absolute atomic E-state index is 12.8. The molecule has 4 rings (SSSR count). The van der Waals surface area contributed by atoms with Gasteiger partial charge in [0.1, 0.15) is 19.6 Å². The molecule has 0 saturated carbocycles. The van der Waals surface area contributed by atoms with Gasteiger partial charge in [-0.25, -0.2) is 8.42 Å². The molecule has 0 atom stereocenters. The molecule has 3 aromatic carbocycles. The van der Waals surface area contributed by atoms with Crippen LogP contribution in [0.3, 0.4) is 0 Å². The maximum Gasteiger partial charge on any atom is 0.261 e. The summed E-state index contributed by atoms with van der Waals surface area (Å²) in [6, 6.07) is 19.3. The molecule has 34 heavy (non-hydrogen) atoms. The van der Waals surface area contributed by atoms with Crippen LogP contribution in [-0.4, -0.2) is 40.6 Å². The summed E-state index contributed by atoms with van der Waals surface area (Å²) < 4.78 is 33.6. The molecule has 1 fully saturated rings. The van der Waals surface area contributed by atoms with Gasteiger partial charge in [0.05, 0.1) is 23.8 Å². The number of hydrogen-bond acceptors (Lipinski definition) is 4. The first-order chi connectivity index (χ1) is 16.3. The predicted molar refractivity (Wildman–Crippen MR) is 133 cm³/mol. The zero-order valence-corrected chi connectivity index (χ0v) is 20.2. The first-order valence-corrected chi connectivity index (χ1v) is 12.8. The van der Waals surface area contributed by atoms with Crippen molar-refractivity contribution >= 4 is 27.3 Å². The number of carbonyl (C=O) groups excluding carboxylic acids is 1. The lowest BCUT2D eigenvalue weighted by Gasteiger charge is -2.23. The molecule has 3 aromatic rings. The Labute approximate surface area is 200 Å². The highest BCUT2D eigenvalue weighted by Crippen LogP contribution is 2.22. The van der Waals surface area contributed by atoms with E-state index in [0.717, 1.165) is 44.0 Å². The molecule has 0 aromatic heterocycles. The third-order valence-electron chi connectivity index (χ3n) is 5.93. The molecule has 1 amide bonds. The Balaban J connectivity index is 1.38. The average Bonchev–Trinajstić information content (AvgIpc) is 2.83. The van der Waals surface area contributed by atoms with Gasteiger partial charge in [0.15, 0.2) is 0 Å². The summed E-state index contributed by atoms with van der Waals surface area (Å²) in [5.41, 5.74) is 4.62. The van der Waals surface area contributed by atoms with E-state index in [9.17, 15) is 13.2 Å². The molecule has 1 saturated heterocycles. The van der Waals surface area contributed by atoms with Crippen LogP contribution in [0.5, 0.6) is 0 Å². The minimum atomic E-state index is -3.74. The van der Waals surface area contributed by atoms with Gasteiger partial charge >= 0.3 is 0 Å². The number of sulfonamides is 1. The topological polar surface area (TPSA) is 88.9 Å². The maximum atomic E-state index is 12.8. The van der Waals surface area contributed by atoms with Gasteiger partial charge in [-0.3, -0.25) is 9.52 Å². The molecular formula is C26H30N3O4S+. The van der Waals surface area contributed by atoms with Gasteiger partial charge in [0.2, 0.25) is 0 Å². The van der Waals surface area contributed by atoms with Gasteiger partial charge in [-0.1, -0.05) is 24.3 Å². The number of ether oxygens (including phenoxy) is 1. The Kier molecular flexibility index (Phi) is 7.31. The highest BCUT2D eigenvalue weighted by molar-refractivity contribution is 7.92. The van der Waals surface area contributed by atoms with E-state index in [0.29, 0.717) is 16.9 Å². The number of carbonyl (C=O) groups is 1. The van der Waals surface area contributed by atoms with Crippen molar-refractivity contribution in [2.45, 2.75) is 25.3 Å². The molecule has 3 N–H and O–H groups in total. The lowest BCUT2D eigenvalue weighted by atomic mass is 10.1. The van der Waals surface area contributed by atoms with Crippen LogP contribution in [-0.2, 0) is 21.3 Å². The van der Waals surface area contributed by atoms with Crippen LogP contribution in [0.4, 0.5) is 11.4 Å². The summed E-state index contributed by atoms with van der Waals surface area (Å²) in [4.78, 5) is 14.2. The number of nitrogens with one attached hydrogen (secondary N) is 3. The van der Waals surface area contributed by atoms with Crippen LogP contribution >= 0.6 is 0 Å². The Hall–Kier alpha value is -3.20. The van der Waals surface area contributed by atoms with E-state index in [-0.39, 0.29) is 10.8 Å². The van der Waals surface area contributed by atoms with E-state index in [4.69, 9.17) is 4.74 Å². The van der Waals surface area contributed by atoms with E-state index >= 15 is 0 Å². The monoisotopic (exact) mass is 480 g/mol. The number of anilines is 2. The lowest BCUT2D eigenvalue weighted by molar-refractivity contribution is -0.921. The van der Waals surface area contributed by atoms with Crippen molar-refractivity contribution in [1.29, 1.82) is 0 Å². The van der Waals surface area contributed by atoms with Crippen LogP contribution < -0.4 is 14.9 Å². The van der Waals surface area contributed by atoms with Crippen LogP contribution in [0.1, 0.15) is 27.0 Å². The quantitative estimate of drug-likeness (QED) is 0.485. The molecule has 1 aliphatic heterocycles. The summed E-state index contributed by atoms with van der Waals surface area (Å²) in [6.07, 6.45) is 0. The van der Waals surface area contributed by atoms with Gasteiger partial charge in [0, 0.05) is 16.8 Å². The number of morpholine rings is 1. The number of benzene rings is 3. The fraction of sp³-hybridized carbons (Fsp3) is 0.269. The second-order valence-corrected chi connectivity index (χ2v) is 10.3. The van der Waals surface area contributed by atoms with Gasteiger partial charge in [-0.05, 0) is 67.4 Å². The van der Waals surface area contributed by atoms with Crippen LogP contribution in [0.2, 0.25) is 0 Å².